The Labute approximate surface area is 107 Å². The fraction of sp³-hybridized carbons (Fsp3) is 0.500. The lowest BCUT2D eigenvalue weighted by atomic mass is 10.4. The van der Waals surface area contributed by atoms with Crippen LogP contribution >= 0.6 is 0 Å². The first-order valence-corrected chi connectivity index (χ1v) is 5.66. The average molecular weight is 269 g/mol. The zero-order valence-corrected chi connectivity index (χ0v) is 10.3. The van der Waals surface area contributed by atoms with Crippen LogP contribution < -0.4 is 11.4 Å². The summed E-state index contributed by atoms with van der Waals surface area (Å²) in [7, 11) is 0. The molecule has 0 aliphatic carbocycles. The predicted octanol–water partition coefficient (Wildman–Crippen LogP) is -1.64. The summed E-state index contributed by atoms with van der Waals surface area (Å²) in [6.45, 7) is 1.13. The quantitative estimate of drug-likeness (QED) is 0.594. The number of aromatic nitrogens is 4. The molecule has 2 heterocycles. The van der Waals surface area contributed by atoms with Crippen LogP contribution in [-0.4, -0.2) is 48.5 Å². The summed E-state index contributed by atoms with van der Waals surface area (Å²) in [5.41, 5.74) is 4.87. The zero-order chi connectivity index (χ0) is 14.0. The molecule has 0 aliphatic rings. The van der Waals surface area contributed by atoms with E-state index in [1.165, 1.54) is 21.4 Å². The Morgan fingerprint density at radius 1 is 1.37 bits per heavy atom. The van der Waals surface area contributed by atoms with Gasteiger partial charge in [-0.2, -0.15) is 9.97 Å². The second kappa shape index (κ2) is 5.34. The molecule has 2 atom stereocenters. The lowest BCUT2D eigenvalue weighted by Gasteiger charge is -2.20. The first-order chi connectivity index (χ1) is 9.06. The van der Waals surface area contributed by atoms with Gasteiger partial charge in [0.05, 0.1) is 19.3 Å². The lowest BCUT2D eigenvalue weighted by molar-refractivity contribution is -0.0871. The lowest BCUT2D eigenvalue weighted by Crippen LogP contribution is -2.26. The number of hydrogen-bond acceptors (Lipinski definition) is 7. The average Bonchev–Trinajstić information content (AvgIpc) is 2.79. The van der Waals surface area contributed by atoms with Gasteiger partial charge in [0.2, 0.25) is 11.7 Å². The van der Waals surface area contributed by atoms with Crippen molar-refractivity contribution in [2.24, 2.45) is 0 Å². The second-order valence-electron chi connectivity index (χ2n) is 4.01. The molecule has 19 heavy (non-hydrogen) atoms. The number of fused-ring (bicyclic) bond motifs is 1. The number of imidazole rings is 1. The molecule has 0 saturated heterocycles. The van der Waals surface area contributed by atoms with Gasteiger partial charge >= 0.3 is 5.69 Å². The highest BCUT2D eigenvalue weighted by Gasteiger charge is 2.17. The minimum absolute atomic E-state index is 0.156. The van der Waals surface area contributed by atoms with E-state index in [0.717, 1.165) is 0 Å². The van der Waals surface area contributed by atoms with Crippen LogP contribution in [0.4, 0.5) is 5.95 Å². The summed E-state index contributed by atoms with van der Waals surface area (Å²) in [5.74, 6) is 0.0542. The third-order valence-electron chi connectivity index (χ3n) is 2.57. The van der Waals surface area contributed by atoms with Crippen molar-refractivity contribution in [1.82, 2.24) is 18.9 Å². The van der Waals surface area contributed by atoms with E-state index in [9.17, 15) is 9.90 Å². The van der Waals surface area contributed by atoms with Gasteiger partial charge in [-0.25, -0.2) is 9.20 Å². The minimum atomic E-state index is -0.777. The minimum Gasteiger partial charge on any atom is -0.394 e. The van der Waals surface area contributed by atoms with Crippen LogP contribution in [0.5, 0.6) is 0 Å². The largest absolute Gasteiger partial charge is 0.394 e. The number of nitrogens with zero attached hydrogens (tertiary/aromatic N) is 4. The third kappa shape index (κ3) is 2.57. The Balaban J connectivity index is 2.46. The van der Waals surface area contributed by atoms with Crippen LogP contribution in [0.15, 0.2) is 17.2 Å². The van der Waals surface area contributed by atoms with E-state index in [1.54, 1.807) is 6.92 Å². The molecule has 0 saturated carbocycles. The van der Waals surface area contributed by atoms with Crippen molar-refractivity contribution in [3.8, 4) is 0 Å². The van der Waals surface area contributed by atoms with Crippen LogP contribution in [0, 0.1) is 0 Å². The number of aliphatic hydroxyl groups is 2. The molecule has 9 nitrogen and oxygen atoms in total. The molecule has 4 N–H and O–H groups in total. The molecule has 2 aromatic rings. The Kier molecular flexibility index (Phi) is 3.79. The van der Waals surface area contributed by atoms with Gasteiger partial charge in [0.15, 0.2) is 6.23 Å². The summed E-state index contributed by atoms with van der Waals surface area (Å²) in [6.07, 6.45) is 1.73. The van der Waals surface area contributed by atoms with Crippen LogP contribution in [0.1, 0.15) is 13.2 Å². The van der Waals surface area contributed by atoms with Crippen molar-refractivity contribution >= 4 is 11.7 Å². The van der Waals surface area contributed by atoms with Crippen molar-refractivity contribution in [3.63, 3.8) is 0 Å². The molecule has 0 aromatic carbocycles. The number of hydrogen-bond donors (Lipinski definition) is 3. The third-order valence-corrected chi connectivity index (χ3v) is 2.57. The number of rotatable bonds is 5. The normalized spacial score (nSPS) is 14.7. The monoisotopic (exact) mass is 269 g/mol. The summed E-state index contributed by atoms with van der Waals surface area (Å²) in [5, 5.41) is 18.3. The van der Waals surface area contributed by atoms with Gasteiger partial charge < -0.3 is 20.7 Å². The van der Waals surface area contributed by atoms with E-state index in [1.807, 2.05) is 0 Å². The summed E-state index contributed by atoms with van der Waals surface area (Å²) in [6, 6.07) is 0. The standard InChI is InChI=1S/C10H15N5O4/c1-6(4-16)19-7(5-17)14-2-3-15-9(14)12-8(11)13-10(15)18/h2-3,6-7,16-17H,4-5H2,1H3,(H2,11,13,18)/t6-,7-/m1/s1. The molecular weight excluding hydrogens is 254 g/mol. The highest BCUT2D eigenvalue weighted by Crippen LogP contribution is 2.14. The van der Waals surface area contributed by atoms with E-state index < -0.39 is 18.0 Å². The first-order valence-electron chi connectivity index (χ1n) is 5.66. The zero-order valence-electron chi connectivity index (χ0n) is 10.3. The highest BCUT2D eigenvalue weighted by molar-refractivity contribution is 5.34. The van der Waals surface area contributed by atoms with Gasteiger partial charge in [-0.05, 0) is 6.92 Å². The van der Waals surface area contributed by atoms with Gasteiger partial charge in [0, 0.05) is 12.4 Å². The summed E-state index contributed by atoms with van der Waals surface area (Å²) in [4.78, 5) is 19.0. The van der Waals surface area contributed by atoms with Crippen molar-refractivity contribution in [3.05, 3.63) is 22.9 Å². The van der Waals surface area contributed by atoms with Crippen molar-refractivity contribution in [2.75, 3.05) is 18.9 Å². The van der Waals surface area contributed by atoms with Crippen LogP contribution in [0.2, 0.25) is 0 Å². The van der Waals surface area contributed by atoms with Gasteiger partial charge in [-0.3, -0.25) is 4.57 Å². The van der Waals surface area contributed by atoms with Crippen LogP contribution in [0.3, 0.4) is 0 Å². The SMILES string of the molecule is C[C@H](CO)O[C@H](CO)n1ccn2c(=O)nc(N)nc12. The van der Waals surface area contributed by atoms with E-state index in [0.29, 0.717) is 0 Å². The number of nitrogen functional groups attached to an aromatic ring is 1. The van der Waals surface area contributed by atoms with E-state index >= 15 is 0 Å². The topological polar surface area (TPSA) is 128 Å². The summed E-state index contributed by atoms with van der Waals surface area (Å²) >= 11 is 0. The molecular formula is C10H15N5O4. The van der Waals surface area contributed by atoms with Gasteiger partial charge in [-0.1, -0.05) is 0 Å². The molecule has 0 unspecified atom stereocenters. The number of nitrogens with two attached hydrogens (primary N) is 1. The Morgan fingerprint density at radius 2 is 2.11 bits per heavy atom. The smallest absolute Gasteiger partial charge is 0.357 e. The van der Waals surface area contributed by atoms with Crippen LogP contribution in [0.25, 0.3) is 5.78 Å². The maximum absolute atomic E-state index is 11.6. The van der Waals surface area contributed by atoms with Gasteiger partial charge in [0.25, 0.3) is 0 Å². The molecule has 0 bridgehead atoms. The van der Waals surface area contributed by atoms with Gasteiger partial charge in [0.1, 0.15) is 0 Å². The Bertz CT molecular complexity index is 622. The first kappa shape index (κ1) is 13.5. The van der Waals surface area contributed by atoms with Crippen LogP contribution in [-0.2, 0) is 4.74 Å². The molecule has 0 aliphatic heterocycles. The molecule has 2 aromatic heterocycles. The van der Waals surface area contributed by atoms with E-state index in [2.05, 4.69) is 9.97 Å². The van der Waals surface area contributed by atoms with Crippen molar-refractivity contribution < 1.29 is 14.9 Å². The van der Waals surface area contributed by atoms with E-state index in [4.69, 9.17) is 15.6 Å². The number of anilines is 1. The molecule has 0 amide bonds. The summed E-state index contributed by atoms with van der Waals surface area (Å²) < 4.78 is 8.06. The highest BCUT2D eigenvalue weighted by atomic mass is 16.5. The predicted molar refractivity (Wildman–Crippen MR) is 65.4 cm³/mol. The Morgan fingerprint density at radius 3 is 2.74 bits per heavy atom. The maximum Gasteiger partial charge on any atom is 0.357 e. The number of ether oxygens (including phenoxy) is 1. The molecule has 0 radical (unpaired) electrons. The van der Waals surface area contributed by atoms with E-state index in [-0.39, 0.29) is 24.9 Å². The molecule has 104 valence electrons. The fourth-order valence-electron chi connectivity index (χ4n) is 1.67. The molecule has 9 heteroatoms. The van der Waals surface area contributed by atoms with Crippen molar-refractivity contribution in [1.29, 1.82) is 0 Å². The Hall–Kier alpha value is -1.97. The molecule has 0 fully saturated rings. The molecule has 0 spiro atoms. The molecule has 2 rings (SSSR count). The second-order valence-corrected chi connectivity index (χ2v) is 4.01. The number of aliphatic hydroxyl groups excluding tert-OH is 2. The fourth-order valence-corrected chi connectivity index (χ4v) is 1.67. The van der Waals surface area contributed by atoms with Gasteiger partial charge in [-0.15, -0.1) is 0 Å². The van der Waals surface area contributed by atoms with Crippen molar-refractivity contribution in [2.45, 2.75) is 19.3 Å². The maximum atomic E-state index is 11.6.